The fourth-order valence-corrected chi connectivity index (χ4v) is 10.1. The summed E-state index contributed by atoms with van der Waals surface area (Å²) < 4.78 is 9.19. The topological polar surface area (TPSA) is 55.1 Å². The second-order valence-corrected chi connectivity index (χ2v) is 15.8. The van der Waals surface area contributed by atoms with Gasteiger partial charge in [0.05, 0.1) is 6.04 Å². The first-order valence-corrected chi connectivity index (χ1v) is 20.1. The van der Waals surface area contributed by atoms with Crippen molar-refractivity contribution in [1.82, 2.24) is 15.0 Å². The van der Waals surface area contributed by atoms with E-state index >= 15 is 0 Å². The van der Waals surface area contributed by atoms with E-state index in [0.717, 1.165) is 39.1 Å². The lowest BCUT2D eigenvalue weighted by atomic mass is 9.81. The molecule has 2 aliphatic rings. The predicted molar refractivity (Wildman–Crippen MR) is 234 cm³/mol. The summed E-state index contributed by atoms with van der Waals surface area (Å²) in [5, 5.41) is 3.55. The zero-order chi connectivity index (χ0) is 37.5. The van der Waals surface area contributed by atoms with E-state index in [1.807, 2.05) is 24.3 Å². The van der Waals surface area contributed by atoms with Gasteiger partial charge in [-0.05, 0) is 59.2 Å². The first-order valence-electron chi connectivity index (χ1n) is 19.3. The second-order valence-electron chi connectivity index (χ2n) is 14.7. The Hall–Kier alpha value is -7.15. The highest BCUT2D eigenvalue weighted by molar-refractivity contribution is 7.25. The summed E-state index contributed by atoms with van der Waals surface area (Å²) in [6.07, 6.45) is 4.46. The smallest absolute Gasteiger partial charge is 0.164 e. The fourth-order valence-electron chi connectivity index (χ4n) is 8.95. The van der Waals surface area contributed by atoms with Crippen LogP contribution in [0.15, 0.2) is 180 Å². The number of benzene rings is 7. The van der Waals surface area contributed by atoms with Crippen LogP contribution in [0.1, 0.15) is 22.8 Å². The van der Waals surface area contributed by atoms with E-state index in [-0.39, 0.29) is 12.0 Å². The van der Waals surface area contributed by atoms with Crippen LogP contribution in [0.25, 0.3) is 82.5 Å². The van der Waals surface area contributed by atoms with Gasteiger partial charge in [-0.25, -0.2) is 15.0 Å². The van der Waals surface area contributed by atoms with Crippen molar-refractivity contribution in [3.8, 4) is 45.3 Å². The molecule has 57 heavy (non-hydrogen) atoms. The van der Waals surface area contributed by atoms with Crippen molar-refractivity contribution in [2.45, 2.75) is 12.0 Å². The Kier molecular flexibility index (Phi) is 7.16. The van der Waals surface area contributed by atoms with E-state index in [4.69, 9.17) is 19.4 Å². The molecule has 0 fully saturated rings. The van der Waals surface area contributed by atoms with E-state index in [9.17, 15) is 0 Å². The standard InChI is InChI=1S/C51H32N4OS/c1-3-12-31(13-4-1)32-22-25-35(26-23-32)55-40-19-9-7-17-38(40)46-41(55)28-29-43-48(46)47-39(18-11-20-42(47)56-43)51-53-49(33-14-5-2-6-15-33)52-50(54-51)34-24-27-37-36-16-8-10-21-44(36)57-45(37)30-34/h1-30,41,46H. The lowest BCUT2D eigenvalue weighted by Crippen LogP contribution is -2.30. The molecule has 5 nitrogen and oxygen atoms in total. The minimum absolute atomic E-state index is 0.0302. The van der Waals surface area contributed by atoms with Gasteiger partial charge in [0.15, 0.2) is 17.5 Å². The normalized spacial score (nSPS) is 15.6. The Morgan fingerprint density at radius 2 is 1.19 bits per heavy atom. The summed E-state index contributed by atoms with van der Waals surface area (Å²) in [6.45, 7) is 0. The third-order valence-electron chi connectivity index (χ3n) is 11.5. The van der Waals surface area contributed by atoms with Gasteiger partial charge in [0.2, 0.25) is 0 Å². The van der Waals surface area contributed by atoms with Crippen molar-refractivity contribution < 1.29 is 4.42 Å². The Balaban J connectivity index is 1.02. The maximum Gasteiger partial charge on any atom is 0.164 e. The molecule has 12 rings (SSSR count). The van der Waals surface area contributed by atoms with E-state index in [1.54, 1.807) is 11.3 Å². The Morgan fingerprint density at radius 1 is 0.526 bits per heavy atom. The number of hydrogen-bond acceptors (Lipinski definition) is 6. The van der Waals surface area contributed by atoms with Crippen molar-refractivity contribution in [2.75, 3.05) is 4.90 Å². The molecule has 0 saturated heterocycles. The Bertz CT molecular complexity index is 3200. The highest BCUT2D eigenvalue weighted by Gasteiger charge is 2.43. The third kappa shape index (κ3) is 5.11. The first kappa shape index (κ1) is 32.1. The van der Waals surface area contributed by atoms with Crippen molar-refractivity contribution in [1.29, 1.82) is 0 Å². The summed E-state index contributed by atoms with van der Waals surface area (Å²) in [7, 11) is 0. The molecule has 2 atom stereocenters. The molecular formula is C51H32N4OS. The number of thiophene rings is 1. The highest BCUT2D eigenvalue weighted by atomic mass is 32.1. The van der Waals surface area contributed by atoms with Gasteiger partial charge < -0.3 is 9.32 Å². The number of nitrogens with zero attached hydrogens (tertiary/aromatic N) is 4. The van der Waals surface area contributed by atoms with Gasteiger partial charge in [-0.3, -0.25) is 0 Å². The monoisotopic (exact) mass is 748 g/mol. The molecule has 4 heterocycles. The molecule has 7 aromatic carbocycles. The highest BCUT2D eigenvalue weighted by Crippen LogP contribution is 2.54. The number of anilines is 2. The summed E-state index contributed by atoms with van der Waals surface area (Å²) in [6, 6.07) is 59.9. The van der Waals surface area contributed by atoms with Crippen LogP contribution < -0.4 is 4.90 Å². The second kappa shape index (κ2) is 12.7. The summed E-state index contributed by atoms with van der Waals surface area (Å²) >= 11 is 1.80. The molecule has 0 radical (unpaired) electrons. The SMILES string of the molecule is C1=CC2C(c3ccccc3N2c2ccc(-c3ccccc3)cc2)c2c1oc1cccc(-c3nc(-c4ccccc4)nc(-c4ccc5c(c4)sc4ccccc45)n3)c21. The summed E-state index contributed by atoms with van der Waals surface area (Å²) in [5.41, 5.74) is 10.8. The molecular weight excluding hydrogens is 717 g/mol. The van der Waals surface area contributed by atoms with Crippen LogP contribution in [0, 0.1) is 0 Å². The first-order chi connectivity index (χ1) is 28.2. The van der Waals surface area contributed by atoms with Crippen LogP contribution >= 0.6 is 11.3 Å². The molecule has 2 unspecified atom stereocenters. The van der Waals surface area contributed by atoms with Crippen LogP contribution in [0.3, 0.4) is 0 Å². The van der Waals surface area contributed by atoms with Crippen LogP contribution in [-0.2, 0) is 0 Å². The zero-order valence-electron chi connectivity index (χ0n) is 30.6. The minimum atomic E-state index is 0.0302. The number of fused-ring (bicyclic) bond motifs is 10. The Labute approximate surface area is 332 Å². The molecule has 3 aromatic heterocycles. The van der Waals surface area contributed by atoms with Crippen molar-refractivity contribution in [3.63, 3.8) is 0 Å². The Morgan fingerprint density at radius 3 is 2.04 bits per heavy atom. The van der Waals surface area contributed by atoms with Crippen molar-refractivity contribution in [3.05, 3.63) is 193 Å². The van der Waals surface area contributed by atoms with E-state index in [2.05, 4.69) is 163 Å². The quantitative estimate of drug-likeness (QED) is 0.175. The summed E-state index contributed by atoms with van der Waals surface area (Å²) in [5.74, 6) is 2.80. The van der Waals surface area contributed by atoms with Gasteiger partial charge in [0, 0.05) is 65.1 Å². The molecule has 10 aromatic rings. The number of para-hydroxylation sites is 1. The van der Waals surface area contributed by atoms with Gasteiger partial charge in [-0.1, -0.05) is 140 Å². The van der Waals surface area contributed by atoms with Crippen LogP contribution in [0.2, 0.25) is 0 Å². The molecule has 0 saturated carbocycles. The maximum absolute atomic E-state index is 6.71. The molecule has 1 aliphatic heterocycles. The largest absolute Gasteiger partial charge is 0.456 e. The van der Waals surface area contributed by atoms with Crippen LogP contribution in [0.5, 0.6) is 0 Å². The molecule has 268 valence electrons. The molecule has 6 heteroatoms. The van der Waals surface area contributed by atoms with Gasteiger partial charge >= 0.3 is 0 Å². The van der Waals surface area contributed by atoms with E-state index < -0.39 is 0 Å². The number of hydrogen-bond donors (Lipinski definition) is 0. The average molecular weight is 749 g/mol. The maximum atomic E-state index is 6.71. The van der Waals surface area contributed by atoms with Crippen LogP contribution in [0.4, 0.5) is 11.4 Å². The van der Waals surface area contributed by atoms with Crippen LogP contribution in [-0.4, -0.2) is 21.0 Å². The molecule has 1 aliphatic carbocycles. The lowest BCUT2D eigenvalue weighted by Gasteiger charge is -2.30. The third-order valence-corrected chi connectivity index (χ3v) is 12.6. The number of aromatic nitrogens is 3. The molecule has 0 bridgehead atoms. The average Bonchev–Trinajstić information content (AvgIpc) is 3.96. The molecule has 0 N–H and O–H groups in total. The fraction of sp³-hybridized carbons (Fsp3) is 0.0392. The van der Waals surface area contributed by atoms with E-state index in [1.165, 1.54) is 48.1 Å². The zero-order valence-corrected chi connectivity index (χ0v) is 31.4. The van der Waals surface area contributed by atoms with Crippen molar-refractivity contribution >= 4 is 59.9 Å². The predicted octanol–water partition coefficient (Wildman–Crippen LogP) is 13.3. The lowest BCUT2D eigenvalue weighted by molar-refractivity contribution is 0.584. The molecule has 0 amide bonds. The summed E-state index contributed by atoms with van der Waals surface area (Å²) in [4.78, 5) is 18.1. The number of furan rings is 1. The van der Waals surface area contributed by atoms with Gasteiger partial charge in [0.25, 0.3) is 0 Å². The van der Waals surface area contributed by atoms with E-state index in [0.29, 0.717) is 17.5 Å². The van der Waals surface area contributed by atoms with Gasteiger partial charge in [0.1, 0.15) is 11.3 Å². The minimum Gasteiger partial charge on any atom is -0.456 e. The van der Waals surface area contributed by atoms with Gasteiger partial charge in [-0.2, -0.15) is 0 Å². The van der Waals surface area contributed by atoms with Crippen molar-refractivity contribution in [2.24, 2.45) is 0 Å². The van der Waals surface area contributed by atoms with Gasteiger partial charge in [-0.15, -0.1) is 11.3 Å². The molecule has 0 spiro atoms. The number of rotatable bonds is 5.